The Morgan fingerprint density at radius 3 is 2.69 bits per heavy atom. The lowest BCUT2D eigenvalue weighted by Crippen LogP contribution is -2.52. The van der Waals surface area contributed by atoms with Crippen LogP contribution in [0.2, 0.25) is 0 Å². The minimum atomic E-state index is -5.15. The molecule has 1 fully saturated rings. The number of unbranched alkanes of at least 4 members (excludes halogenated alkanes) is 3. The molecule has 0 bridgehead atoms. The first-order valence-corrected chi connectivity index (χ1v) is 11.9. The van der Waals surface area contributed by atoms with Gasteiger partial charge in [-0.15, -0.1) is 0 Å². The number of alkyl halides is 3. The summed E-state index contributed by atoms with van der Waals surface area (Å²) in [5, 5.41) is 10.1. The van der Waals surface area contributed by atoms with E-state index in [1.54, 1.807) is 0 Å². The van der Waals surface area contributed by atoms with Crippen LogP contribution in [-0.2, 0) is 22.4 Å². The van der Waals surface area contributed by atoms with Crippen LogP contribution in [0, 0.1) is 12.8 Å². The van der Waals surface area contributed by atoms with Crippen molar-refractivity contribution in [2.45, 2.75) is 108 Å². The molecule has 180 valence electrons. The van der Waals surface area contributed by atoms with Crippen molar-refractivity contribution in [2.75, 3.05) is 0 Å². The van der Waals surface area contributed by atoms with Crippen LogP contribution in [0.3, 0.4) is 0 Å². The summed E-state index contributed by atoms with van der Waals surface area (Å²) >= 11 is 0. The lowest BCUT2D eigenvalue weighted by atomic mass is 9.78. The summed E-state index contributed by atoms with van der Waals surface area (Å²) in [5.41, 5.74) is 9.89. The van der Waals surface area contributed by atoms with E-state index < -0.39 is 24.0 Å². The van der Waals surface area contributed by atoms with Crippen LogP contribution in [0.1, 0.15) is 92.9 Å². The van der Waals surface area contributed by atoms with Crippen molar-refractivity contribution in [3.8, 4) is 0 Å². The molecule has 4 nitrogen and oxygen atoms in total. The molecule has 2 aliphatic rings. The molecule has 1 saturated carbocycles. The number of fused-ring (bicyclic) bond motifs is 1. The van der Waals surface area contributed by atoms with E-state index in [0.717, 1.165) is 29.9 Å². The van der Waals surface area contributed by atoms with Gasteiger partial charge >= 0.3 is 12.1 Å². The predicted octanol–water partition coefficient (Wildman–Crippen LogP) is 5.46. The highest BCUT2D eigenvalue weighted by molar-refractivity contribution is 5.75. The second kappa shape index (κ2) is 10.1. The third-order valence-electron chi connectivity index (χ3n) is 7.35. The topological polar surface area (TPSA) is 72.6 Å². The molecule has 1 aromatic rings. The molecule has 2 aliphatic carbocycles. The highest BCUT2D eigenvalue weighted by Crippen LogP contribution is 2.44. The highest BCUT2D eigenvalue weighted by Gasteiger charge is 2.48. The van der Waals surface area contributed by atoms with E-state index >= 15 is 0 Å². The van der Waals surface area contributed by atoms with E-state index in [2.05, 4.69) is 30.7 Å². The van der Waals surface area contributed by atoms with E-state index in [-0.39, 0.29) is 12.3 Å². The van der Waals surface area contributed by atoms with Crippen molar-refractivity contribution in [1.82, 2.24) is 0 Å². The smallest absolute Gasteiger partial charge is 0.427 e. The number of carbonyl (C=O) groups excluding carboxylic acids is 1. The molecule has 0 saturated heterocycles. The van der Waals surface area contributed by atoms with Gasteiger partial charge in [0.05, 0.1) is 5.54 Å². The molecule has 7 heteroatoms. The number of benzene rings is 1. The zero-order valence-corrected chi connectivity index (χ0v) is 19.1. The van der Waals surface area contributed by atoms with Crippen LogP contribution in [0.15, 0.2) is 12.1 Å². The number of aliphatic hydroxyl groups is 1. The van der Waals surface area contributed by atoms with Gasteiger partial charge in [-0.1, -0.05) is 51.2 Å². The summed E-state index contributed by atoms with van der Waals surface area (Å²) in [6, 6.07) is 4.50. The van der Waals surface area contributed by atoms with Crippen LogP contribution in [0.5, 0.6) is 0 Å². The second-order valence-corrected chi connectivity index (χ2v) is 9.86. The molecule has 0 heterocycles. The Morgan fingerprint density at radius 1 is 1.25 bits per heavy atom. The summed E-state index contributed by atoms with van der Waals surface area (Å²) in [4.78, 5) is 11.1. The van der Waals surface area contributed by atoms with Gasteiger partial charge in [0.2, 0.25) is 6.29 Å². The van der Waals surface area contributed by atoms with Crippen LogP contribution in [0.4, 0.5) is 13.2 Å². The molecule has 1 unspecified atom stereocenters. The van der Waals surface area contributed by atoms with Gasteiger partial charge in [0, 0.05) is 0 Å². The lowest BCUT2D eigenvalue weighted by molar-refractivity contribution is -0.227. The Labute approximate surface area is 188 Å². The first-order valence-electron chi connectivity index (χ1n) is 11.9. The number of rotatable bonds is 8. The molecule has 32 heavy (non-hydrogen) atoms. The van der Waals surface area contributed by atoms with Crippen LogP contribution in [0.25, 0.3) is 0 Å². The van der Waals surface area contributed by atoms with E-state index in [1.165, 1.54) is 49.7 Å². The maximum absolute atomic E-state index is 12.5. The molecule has 3 N–H and O–H groups in total. The fourth-order valence-corrected chi connectivity index (χ4v) is 5.45. The quantitative estimate of drug-likeness (QED) is 0.310. The van der Waals surface area contributed by atoms with Crippen molar-refractivity contribution < 1.29 is 27.8 Å². The van der Waals surface area contributed by atoms with E-state index in [9.17, 15) is 23.1 Å². The lowest BCUT2D eigenvalue weighted by Gasteiger charge is -2.30. The van der Waals surface area contributed by atoms with Crippen molar-refractivity contribution in [3.63, 3.8) is 0 Å². The summed E-state index contributed by atoms with van der Waals surface area (Å²) < 4.78 is 41.7. The SMILES string of the molecule is CCCCCC[C@H]1CCc2cc([C@H]3CC[C@](N)(C(O)OC(=O)C(F)(F)F)C3)c(C)cc2C1. The maximum atomic E-state index is 12.5. The molecule has 4 atom stereocenters. The van der Waals surface area contributed by atoms with E-state index in [4.69, 9.17) is 5.73 Å². The fourth-order valence-electron chi connectivity index (χ4n) is 5.45. The molecule has 0 aliphatic heterocycles. The Hall–Kier alpha value is -1.60. The number of ether oxygens (including phenoxy) is 1. The number of aryl methyl sites for hydroxylation is 2. The minimum absolute atomic E-state index is 0.0244. The minimum Gasteiger partial charge on any atom is -0.427 e. The number of nitrogens with two attached hydrogens (primary N) is 1. The Morgan fingerprint density at radius 2 is 2.00 bits per heavy atom. The predicted molar refractivity (Wildman–Crippen MR) is 117 cm³/mol. The molecule has 0 amide bonds. The van der Waals surface area contributed by atoms with Gasteiger partial charge in [-0.2, -0.15) is 13.2 Å². The van der Waals surface area contributed by atoms with Crippen molar-refractivity contribution >= 4 is 5.97 Å². The maximum Gasteiger partial charge on any atom is 0.491 e. The largest absolute Gasteiger partial charge is 0.491 e. The van der Waals surface area contributed by atoms with Gasteiger partial charge in [0.15, 0.2) is 0 Å². The normalized spacial score (nSPS) is 26.6. The number of esters is 1. The van der Waals surface area contributed by atoms with Crippen LogP contribution >= 0.6 is 0 Å². The summed E-state index contributed by atoms with van der Waals surface area (Å²) in [7, 11) is 0. The standard InChI is InChI=1S/C25H36F3NO3/c1-3-4-5-6-7-17-8-9-18-14-21(16(2)12-20(18)13-17)19-10-11-24(29,15-19)22(30)32-23(31)25(26,27)28/h12,14,17,19,22,30H,3-11,13,15,29H2,1-2H3/t17-,19-,22?,24+/m0/s1. The highest BCUT2D eigenvalue weighted by atomic mass is 19.4. The number of aliphatic hydroxyl groups excluding tert-OH is 1. The molecule has 0 spiro atoms. The average Bonchev–Trinajstić information content (AvgIpc) is 3.13. The monoisotopic (exact) mass is 455 g/mol. The van der Waals surface area contributed by atoms with Gasteiger partial charge in [0.25, 0.3) is 0 Å². The van der Waals surface area contributed by atoms with Crippen molar-refractivity contribution in [3.05, 3.63) is 34.4 Å². The zero-order chi connectivity index (χ0) is 23.5. The van der Waals surface area contributed by atoms with E-state index in [1.807, 2.05) is 0 Å². The van der Waals surface area contributed by atoms with Gasteiger partial charge in [-0.05, 0) is 79.5 Å². The van der Waals surface area contributed by atoms with Crippen molar-refractivity contribution in [1.29, 1.82) is 0 Å². The second-order valence-electron chi connectivity index (χ2n) is 9.86. The van der Waals surface area contributed by atoms with Gasteiger partial charge in [-0.3, -0.25) is 0 Å². The Kier molecular flexibility index (Phi) is 7.92. The molecule has 0 radical (unpaired) electrons. The molecule has 0 aromatic heterocycles. The molecule has 3 rings (SSSR count). The number of halogens is 3. The van der Waals surface area contributed by atoms with Gasteiger partial charge < -0.3 is 15.6 Å². The number of hydrogen-bond donors (Lipinski definition) is 2. The van der Waals surface area contributed by atoms with E-state index in [0.29, 0.717) is 12.8 Å². The summed E-state index contributed by atoms with van der Waals surface area (Å²) in [6.07, 6.45) is 3.88. The van der Waals surface area contributed by atoms with Crippen molar-refractivity contribution in [2.24, 2.45) is 11.7 Å². The number of hydrogen-bond acceptors (Lipinski definition) is 4. The fraction of sp³-hybridized carbons (Fsp3) is 0.720. The van der Waals surface area contributed by atoms with Gasteiger partial charge in [0.1, 0.15) is 0 Å². The van der Waals surface area contributed by atoms with Crippen LogP contribution in [-0.4, -0.2) is 29.1 Å². The Bertz CT molecular complexity index is 810. The number of carbonyl (C=O) groups is 1. The molecular formula is C25H36F3NO3. The summed E-state index contributed by atoms with van der Waals surface area (Å²) in [6.45, 7) is 4.29. The average molecular weight is 456 g/mol. The third kappa shape index (κ3) is 5.84. The van der Waals surface area contributed by atoms with Crippen LogP contribution < -0.4 is 5.73 Å². The zero-order valence-electron chi connectivity index (χ0n) is 19.1. The first-order chi connectivity index (χ1) is 15.0. The molecule has 1 aromatic carbocycles. The Balaban J connectivity index is 1.64. The first kappa shape index (κ1) is 25.0. The van der Waals surface area contributed by atoms with Gasteiger partial charge in [-0.25, -0.2) is 4.79 Å². The third-order valence-corrected chi connectivity index (χ3v) is 7.35. The summed E-state index contributed by atoms with van der Waals surface area (Å²) in [5.74, 6) is -1.64. The molecular weight excluding hydrogens is 419 g/mol.